The number of halogens is 2. The molecule has 1 saturated heterocycles. The van der Waals surface area contributed by atoms with Gasteiger partial charge < -0.3 is 19.5 Å². The van der Waals surface area contributed by atoms with Crippen molar-refractivity contribution in [1.29, 1.82) is 0 Å². The SMILES string of the molecule is COc1cc2c(Nc3ccc(Cl)cc3F)ncnc2cc1OC[C@H]1CO1. The second-order valence-electron chi connectivity index (χ2n) is 5.76. The number of epoxide rings is 1. The maximum Gasteiger partial charge on any atom is 0.163 e. The number of methoxy groups -OCH3 is 1. The van der Waals surface area contributed by atoms with Crippen LogP contribution in [0, 0.1) is 5.82 Å². The fourth-order valence-electron chi connectivity index (χ4n) is 2.50. The van der Waals surface area contributed by atoms with Gasteiger partial charge in [-0.1, -0.05) is 11.6 Å². The van der Waals surface area contributed by atoms with Gasteiger partial charge in [-0.2, -0.15) is 0 Å². The van der Waals surface area contributed by atoms with Gasteiger partial charge in [0.15, 0.2) is 11.5 Å². The van der Waals surface area contributed by atoms with Gasteiger partial charge in [0.1, 0.15) is 30.7 Å². The monoisotopic (exact) mass is 375 g/mol. The van der Waals surface area contributed by atoms with E-state index in [-0.39, 0.29) is 11.8 Å². The van der Waals surface area contributed by atoms with Crippen LogP contribution in [0.5, 0.6) is 11.5 Å². The Kier molecular flexibility index (Phi) is 4.48. The third-order valence-corrected chi connectivity index (χ3v) is 4.17. The molecule has 1 fully saturated rings. The third kappa shape index (κ3) is 3.49. The van der Waals surface area contributed by atoms with E-state index in [1.54, 1.807) is 31.4 Å². The van der Waals surface area contributed by atoms with Gasteiger partial charge in [-0.25, -0.2) is 14.4 Å². The molecule has 0 amide bonds. The van der Waals surface area contributed by atoms with E-state index in [9.17, 15) is 4.39 Å². The highest BCUT2D eigenvalue weighted by atomic mass is 35.5. The molecule has 2 heterocycles. The molecular formula is C18H15ClFN3O3. The van der Waals surface area contributed by atoms with Crippen LogP contribution in [0.2, 0.25) is 5.02 Å². The van der Waals surface area contributed by atoms with E-state index >= 15 is 0 Å². The number of hydrogen-bond acceptors (Lipinski definition) is 6. The van der Waals surface area contributed by atoms with E-state index in [1.165, 1.54) is 12.4 Å². The molecule has 0 spiro atoms. The van der Waals surface area contributed by atoms with Crippen molar-refractivity contribution in [1.82, 2.24) is 9.97 Å². The molecule has 0 aliphatic carbocycles. The van der Waals surface area contributed by atoms with Crippen LogP contribution in [-0.2, 0) is 4.74 Å². The standard InChI is InChI=1S/C18H15ClFN3O3/c1-24-16-5-12-15(6-17(16)26-8-11-7-25-11)21-9-22-18(12)23-14-3-2-10(19)4-13(14)20/h2-6,9,11H,7-8H2,1H3,(H,21,22,23)/t11-/m1/s1. The highest BCUT2D eigenvalue weighted by molar-refractivity contribution is 6.30. The highest BCUT2D eigenvalue weighted by Gasteiger charge is 2.24. The fourth-order valence-corrected chi connectivity index (χ4v) is 2.66. The molecule has 8 heteroatoms. The van der Waals surface area contributed by atoms with E-state index < -0.39 is 5.82 Å². The van der Waals surface area contributed by atoms with Gasteiger partial charge in [-0.05, 0) is 24.3 Å². The Morgan fingerprint density at radius 2 is 2.12 bits per heavy atom. The Bertz CT molecular complexity index is 966. The molecule has 0 unspecified atom stereocenters. The molecular weight excluding hydrogens is 361 g/mol. The van der Waals surface area contributed by atoms with Crippen molar-refractivity contribution in [2.45, 2.75) is 6.10 Å². The van der Waals surface area contributed by atoms with E-state index in [2.05, 4.69) is 15.3 Å². The summed E-state index contributed by atoms with van der Waals surface area (Å²) in [5, 5.41) is 3.97. The Morgan fingerprint density at radius 1 is 1.27 bits per heavy atom. The summed E-state index contributed by atoms with van der Waals surface area (Å²) >= 11 is 5.80. The Balaban J connectivity index is 1.70. The normalized spacial score (nSPS) is 15.7. The van der Waals surface area contributed by atoms with Crippen LogP contribution in [0.1, 0.15) is 0 Å². The van der Waals surface area contributed by atoms with Gasteiger partial charge in [0.05, 0.1) is 24.9 Å². The molecule has 1 aliphatic heterocycles. The average Bonchev–Trinajstić information content (AvgIpc) is 3.46. The molecule has 1 aromatic heterocycles. The zero-order valence-electron chi connectivity index (χ0n) is 13.8. The molecule has 26 heavy (non-hydrogen) atoms. The van der Waals surface area contributed by atoms with Crippen molar-refractivity contribution in [2.24, 2.45) is 0 Å². The van der Waals surface area contributed by atoms with Crippen molar-refractivity contribution in [2.75, 3.05) is 25.6 Å². The number of rotatable bonds is 6. The Morgan fingerprint density at radius 3 is 2.85 bits per heavy atom. The number of nitrogens with zero attached hydrogens (tertiary/aromatic N) is 2. The van der Waals surface area contributed by atoms with Crippen molar-refractivity contribution >= 4 is 34.0 Å². The van der Waals surface area contributed by atoms with Crippen LogP contribution >= 0.6 is 11.6 Å². The first-order valence-electron chi connectivity index (χ1n) is 7.93. The molecule has 3 aromatic rings. The number of nitrogens with one attached hydrogen (secondary N) is 1. The summed E-state index contributed by atoms with van der Waals surface area (Å²) in [5.74, 6) is 1.08. The maximum atomic E-state index is 14.1. The van der Waals surface area contributed by atoms with Crippen LogP contribution in [0.3, 0.4) is 0 Å². The fraction of sp³-hybridized carbons (Fsp3) is 0.222. The second-order valence-corrected chi connectivity index (χ2v) is 6.19. The van der Waals surface area contributed by atoms with E-state index in [0.717, 1.165) is 0 Å². The minimum absolute atomic E-state index is 0.130. The molecule has 0 saturated carbocycles. The second kappa shape index (κ2) is 6.93. The summed E-state index contributed by atoms with van der Waals surface area (Å²) in [5.41, 5.74) is 0.906. The van der Waals surface area contributed by atoms with Crippen LogP contribution in [0.4, 0.5) is 15.9 Å². The smallest absolute Gasteiger partial charge is 0.163 e. The molecule has 0 bridgehead atoms. The van der Waals surface area contributed by atoms with Crippen molar-refractivity contribution in [3.8, 4) is 11.5 Å². The molecule has 134 valence electrons. The predicted molar refractivity (Wildman–Crippen MR) is 96.0 cm³/mol. The molecule has 1 N–H and O–H groups in total. The molecule has 1 aliphatic rings. The first-order chi connectivity index (χ1) is 12.6. The van der Waals surface area contributed by atoms with Crippen LogP contribution in [-0.4, -0.2) is 36.4 Å². The minimum atomic E-state index is -0.472. The molecule has 1 atom stereocenters. The van der Waals surface area contributed by atoms with E-state index in [0.29, 0.717) is 46.5 Å². The Hall–Kier alpha value is -2.64. The summed E-state index contributed by atoms with van der Waals surface area (Å²) in [4.78, 5) is 8.48. The largest absolute Gasteiger partial charge is 0.493 e. The minimum Gasteiger partial charge on any atom is -0.493 e. The van der Waals surface area contributed by atoms with Crippen molar-refractivity contribution < 1.29 is 18.6 Å². The van der Waals surface area contributed by atoms with E-state index in [1.807, 2.05) is 0 Å². The quantitative estimate of drug-likeness (QED) is 0.658. The van der Waals surface area contributed by atoms with Gasteiger partial charge in [0.2, 0.25) is 0 Å². The van der Waals surface area contributed by atoms with Crippen LogP contribution in [0.25, 0.3) is 10.9 Å². The van der Waals surface area contributed by atoms with Gasteiger partial charge in [-0.3, -0.25) is 0 Å². The number of aromatic nitrogens is 2. The zero-order valence-corrected chi connectivity index (χ0v) is 14.6. The molecule has 2 aromatic carbocycles. The number of anilines is 2. The van der Waals surface area contributed by atoms with Crippen LogP contribution < -0.4 is 14.8 Å². The van der Waals surface area contributed by atoms with E-state index in [4.69, 9.17) is 25.8 Å². The lowest BCUT2D eigenvalue weighted by Gasteiger charge is -2.13. The number of hydrogen-bond donors (Lipinski definition) is 1. The van der Waals surface area contributed by atoms with Crippen molar-refractivity contribution in [3.63, 3.8) is 0 Å². The maximum absolute atomic E-state index is 14.1. The topological polar surface area (TPSA) is 68.8 Å². The molecule has 4 rings (SSSR count). The molecule has 0 radical (unpaired) electrons. The summed E-state index contributed by atoms with van der Waals surface area (Å²) in [6.45, 7) is 1.16. The lowest BCUT2D eigenvalue weighted by molar-refractivity contribution is 0.252. The summed E-state index contributed by atoms with van der Waals surface area (Å²) < 4.78 is 30.4. The number of ether oxygens (including phenoxy) is 3. The van der Waals surface area contributed by atoms with Gasteiger partial charge in [0.25, 0.3) is 0 Å². The number of benzene rings is 2. The first kappa shape index (κ1) is 16.8. The predicted octanol–water partition coefficient (Wildman–Crippen LogP) is 3.95. The molecule has 6 nitrogen and oxygen atoms in total. The van der Waals surface area contributed by atoms with Gasteiger partial charge in [-0.15, -0.1) is 0 Å². The lowest BCUT2D eigenvalue weighted by Crippen LogP contribution is -2.05. The number of fused-ring (bicyclic) bond motifs is 1. The summed E-state index contributed by atoms with van der Waals surface area (Å²) in [7, 11) is 1.55. The van der Waals surface area contributed by atoms with Gasteiger partial charge in [0, 0.05) is 16.5 Å². The Labute approximate surface area is 153 Å². The summed E-state index contributed by atoms with van der Waals surface area (Å²) in [6.07, 6.45) is 1.53. The average molecular weight is 376 g/mol. The van der Waals surface area contributed by atoms with Gasteiger partial charge >= 0.3 is 0 Å². The summed E-state index contributed by atoms with van der Waals surface area (Å²) in [6, 6.07) is 7.91. The lowest BCUT2D eigenvalue weighted by atomic mass is 10.2. The first-order valence-corrected chi connectivity index (χ1v) is 8.31. The zero-order chi connectivity index (χ0) is 18.1. The van der Waals surface area contributed by atoms with Crippen LogP contribution in [0.15, 0.2) is 36.7 Å². The highest BCUT2D eigenvalue weighted by Crippen LogP contribution is 2.35. The van der Waals surface area contributed by atoms with Crippen molar-refractivity contribution in [3.05, 3.63) is 47.5 Å². The third-order valence-electron chi connectivity index (χ3n) is 3.93.